The van der Waals surface area contributed by atoms with E-state index in [9.17, 15) is 9.90 Å². The van der Waals surface area contributed by atoms with Gasteiger partial charge in [0.1, 0.15) is 5.58 Å². The van der Waals surface area contributed by atoms with Crippen LogP contribution < -0.4 is 4.94 Å². The lowest BCUT2D eigenvalue weighted by atomic mass is 9.86. The van der Waals surface area contributed by atoms with Crippen molar-refractivity contribution in [2.45, 2.75) is 19.3 Å². The molecule has 0 bridgehead atoms. The molecule has 0 atom stereocenters. The van der Waals surface area contributed by atoms with E-state index in [1.165, 1.54) is 0 Å². The van der Waals surface area contributed by atoms with Gasteiger partial charge < -0.3 is 9.52 Å². The third kappa shape index (κ3) is 1.82. The molecule has 0 spiro atoms. The molecule has 0 amide bonds. The minimum atomic E-state index is -0.311. The number of fused-ring (bicyclic) bond motifs is 1. The molecule has 0 saturated carbocycles. The van der Waals surface area contributed by atoms with E-state index < -0.39 is 0 Å². The minimum absolute atomic E-state index is 0.0624. The SMILES string of the molecule is CC(C)(CO)c1ccc2sc(=O)oc2c1. The number of aliphatic hydroxyl groups excluding tert-OH is 1. The summed E-state index contributed by atoms with van der Waals surface area (Å²) in [6.45, 7) is 3.95. The highest BCUT2D eigenvalue weighted by Gasteiger charge is 2.20. The van der Waals surface area contributed by atoms with Crippen LogP contribution in [0.2, 0.25) is 0 Å². The summed E-state index contributed by atoms with van der Waals surface area (Å²) < 4.78 is 5.87. The Morgan fingerprint density at radius 2 is 2.20 bits per heavy atom. The first-order valence-corrected chi connectivity index (χ1v) is 5.49. The smallest absolute Gasteiger partial charge is 0.396 e. The fraction of sp³-hybridized carbons (Fsp3) is 0.364. The second kappa shape index (κ2) is 3.47. The van der Waals surface area contributed by atoms with Gasteiger partial charge in [-0.25, -0.2) is 4.79 Å². The van der Waals surface area contributed by atoms with Crippen molar-refractivity contribution in [2.75, 3.05) is 6.61 Å². The Bertz CT molecular complexity index is 536. The fourth-order valence-electron chi connectivity index (χ4n) is 1.38. The molecule has 2 rings (SSSR count). The van der Waals surface area contributed by atoms with Gasteiger partial charge in [-0.15, -0.1) is 0 Å². The van der Waals surface area contributed by atoms with Gasteiger partial charge >= 0.3 is 4.94 Å². The minimum Gasteiger partial charge on any atom is -0.414 e. The largest absolute Gasteiger partial charge is 0.414 e. The van der Waals surface area contributed by atoms with Crippen molar-refractivity contribution in [3.05, 3.63) is 33.5 Å². The van der Waals surface area contributed by atoms with Crippen molar-refractivity contribution in [1.82, 2.24) is 0 Å². The lowest BCUT2D eigenvalue weighted by Crippen LogP contribution is -2.21. The number of aliphatic hydroxyl groups is 1. The summed E-state index contributed by atoms with van der Waals surface area (Å²) in [5.41, 5.74) is 1.26. The Balaban J connectivity index is 2.60. The van der Waals surface area contributed by atoms with Crippen LogP contribution in [0.5, 0.6) is 0 Å². The Morgan fingerprint density at radius 3 is 2.87 bits per heavy atom. The Labute approximate surface area is 91.0 Å². The van der Waals surface area contributed by atoms with Crippen LogP contribution in [0.1, 0.15) is 19.4 Å². The average molecular weight is 224 g/mol. The van der Waals surface area contributed by atoms with Crippen LogP contribution in [0.3, 0.4) is 0 Å². The molecule has 1 aromatic heterocycles. The molecule has 0 aliphatic rings. The van der Waals surface area contributed by atoms with Crippen molar-refractivity contribution in [3.8, 4) is 0 Å². The van der Waals surface area contributed by atoms with E-state index in [-0.39, 0.29) is 17.0 Å². The highest BCUT2D eigenvalue weighted by Crippen LogP contribution is 2.27. The number of rotatable bonds is 2. The maximum absolute atomic E-state index is 11.0. The Hall–Kier alpha value is -1.13. The molecule has 2 aromatic rings. The molecule has 3 nitrogen and oxygen atoms in total. The van der Waals surface area contributed by atoms with E-state index in [2.05, 4.69) is 0 Å². The quantitative estimate of drug-likeness (QED) is 0.850. The lowest BCUT2D eigenvalue weighted by Gasteiger charge is -2.21. The normalized spacial score (nSPS) is 12.2. The standard InChI is InChI=1S/C11H12O3S/c1-11(2,6-12)7-3-4-9-8(5-7)14-10(13)15-9/h3-5,12H,6H2,1-2H3. The first-order valence-electron chi connectivity index (χ1n) is 4.68. The van der Waals surface area contributed by atoms with E-state index in [0.717, 1.165) is 21.6 Å². The topological polar surface area (TPSA) is 50.4 Å². The van der Waals surface area contributed by atoms with Crippen LogP contribution in [0, 0.1) is 0 Å². The zero-order valence-corrected chi connectivity index (χ0v) is 9.43. The maximum atomic E-state index is 11.0. The zero-order valence-electron chi connectivity index (χ0n) is 8.61. The van der Waals surface area contributed by atoms with Gasteiger partial charge in [-0.3, -0.25) is 0 Å². The van der Waals surface area contributed by atoms with Crippen molar-refractivity contribution in [3.63, 3.8) is 0 Å². The molecule has 1 aromatic carbocycles. The third-order valence-electron chi connectivity index (χ3n) is 2.51. The third-order valence-corrected chi connectivity index (χ3v) is 3.31. The Morgan fingerprint density at radius 1 is 1.47 bits per heavy atom. The summed E-state index contributed by atoms with van der Waals surface area (Å²) in [5, 5.41) is 9.24. The zero-order chi connectivity index (χ0) is 11.1. The van der Waals surface area contributed by atoms with Crippen LogP contribution in [0.4, 0.5) is 0 Å². The molecule has 0 aliphatic heterocycles. The summed E-state index contributed by atoms with van der Waals surface area (Å²) in [7, 11) is 0. The molecule has 4 heteroatoms. The summed E-state index contributed by atoms with van der Waals surface area (Å²) in [4.78, 5) is 10.7. The van der Waals surface area contributed by atoms with Crippen LogP contribution in [-0.4, -0.2) is 11.7 Å². The van der Waals surface area contributed by atoms with Crippen LogP contribution >= 0.6 is 11.3 Å². The second-order valence-electron chi connectivity index (χ2n) is 4.16. The highest BCUT2D eigenvalue weighted by molar-refractivity contribution is 7.16. The van der Waals surface area contributed by atoms with E-state index >= 15 is 0 Å². The van der Waals surface area contributed by atoms with Gasteiger partial charge in [-0.2, -0.15) is 0 Å². The molecule has 0 radical (unpaired) electrons. The maximum Gasteiger partial charge on any atom is 0.396 e. The number of hydrogen-bond donors (Lipinski definition) is 1. The second-order valence-corrected chi connectivity index (χ2v) is 5.13. The van der Waals surface area contributed by atoms with Crippen LogP contribution in [0.25, 0.3) is 10.3 Å². The highest BCUT2D eigenvalue weighted by atomic mass is 32.1. The van der Waals surface area contributed by atoms with Crippen LogP contribution in [-0.2, 0) is 5.41 Å². The van der Waals surface area contributed by atoms with Gasteiger partial charge in [0.15, 0.2) is 0 Å². The first kappa shape index (κ1) is 10.4. The van der Waals surface area contributed by atoms with E-state index in [0.29, 0.717) is 5.58 Å². The fourth-order valence-corrected chi connectivity index (χ4v) is 2.03. The summed E-state index contributed by atoms with van der Waals surface area (Å²) in [6, 6.07) is 5.60. The lowest BCUT2D eigenvalue weighted by molar-refractivity contribution is 0.218. The molecule has 0 aliphatic carbocycles. The molecule has 1 N–H and O–H groups in total. The van der Waals surface area contributed by atoms with Crippen LogP contribution in [0.15, 0.2) is 27.4 Å². The predicted molar refractivity (Wildman–Crippen MR) is 60.5 cm³/mol. The van der Waals surface area contributed by atoms with Gasteiger partial charge in [0.05, 0.1) is 11.3 Å². The molecule has 0 saturated heterocycles. The predicted octanol–water partition coefficient (Wildman–Crippen LogP) is 2.12. The molecule has 0 fully saturated rings. The van der Waals surface area contributed by atoms with E-state index in [1.54, 1.807) is 0 Å². The molecule has 80 valence electrons. The average Bonchev–Trinajstić information content (AvgIpc) is 2.56. The van der Waals surface area contributed by atoms with Crippen molar-refractivity contribution < 1.29 is 9.52 Å². The van der Waals surface area contributed by atoms with Crippen molar-refractivity contribution in [2.24, 2.45) is 0 Å². The molecule has 15 heavy (non-hydrogen) atoms. The molecular formula is C11H12O3S. The van der Waals surface area contributed by atoms with Crippen molar-refractivity contribution in [1.29, 1.82) is 0 Å². The van der Waals surface area contributed by atoms with Gasteiger partial charge in [-0.05, 0) is 17.7 Å². The Kier molecular flexibility index (Phi) is 2.40. The molecular weight excluding hydrogens is 212 g/mol. The summed E-state index contributed by atoms with van der Waals surface area (Å²) in [5.74, 6) is 0. The monoisotopic (exact) mass is 224 g/mol. The van der Waals surface area contributed by atoms with Gasteiger partial charge in [0.25, 0.3) is 0 Å². The number of benzene rings is 1. The summed E-state index contributed by atoms with van der Waals surface area (Å²) >= 11 is 1.09. The first-order chi connectivity index (χ1) is 7.03. The van der Waals surface area contributed by atoms with E-state index in [1.807, 2.05) is 32.0 Å². The van der Waals surface area contributed by atoms with E-state index in [4.69, 9.17) is 4.42 Å². The van der Waals surface area contributed by atoms with Gasteiger partial charge in [-0.1, -0.05) is 31.3 Å². The van der Waals surface area contributed by atoms with Gasteiger partial charge in [0.2, 0.25) is 0 Å². The van der Waals surface area contributed by atoms with Gasteiger partial charge in [0, 0.05) is 5.41 Å². The molecule has 0 unspecified atom stereocenters. The van der Waals surface area contributed by atoms with Crippen molar-refractivity contribution >= 4 is 21.6 Å². The molecule has 1 heterocycles. The number of hydrogen-bond acceptors (Lipinski definition) is 4. The summed E-state index contributed by atoms with van der Waals surface area (Å²) in [6.07, 6.45) is 0.